The first-order valence-electron chi connectivity index (χ1n) is 4.33. The second kappa shape index (κ2) is 4.95. The molecule has 0 aliphatic rings. The molecule has 0 unspecified atom stereocenters. The molecule has 0 spiro atoms. The van der Waals surface area contributed by atoms with Crippen LogP contribution in [0.15, 0.2) is 18.2 Å². The third-order valence-electron chi connectivity index (χ3n) is 2.08. The average molecular weight is 307 g/mol. The lowest BCUT2D eigenvalue weighted by Gasteiger charge is -2.17. The van der Waals surface area contributed by atoms with Crippen LogP contribution in [0.4, 0.5) is 0 Å². The summed E-state index contributed by atoms with van der Waals surface area (Å²) in [6, 6.07) is 5.30. The summed E-state index contributed by atoms with van der Waals surface area (Å²) < 4.78 is 6.14. The molecule has 0 heterocycles. The SMILES string of the molecule is COc1ccc(I)c([C@H](N)[C@H](C)O)c1. The first-order chi connectivity index (χ1) is 6.56. The molecule has 0 amide bonds. The van der Waals surface area contributed by atoms with E-state index in [1.54, 1.807) is 14.0 Å². The molecule has 1 rings (SSSR count). The Kier molecular flexibility index (Phi) is 4.15. The minimum absolute atomic E-state index is 0.364. The van der Waals surface area contributed by atoms with Gasteiger partial charge in [-0.3, -0.25) is 0 Å². The van der Waals surface area contributed by atoms with E-state index in [0.29, 0.717) is 0 Å². The van der Waals surface area contributed by atoms with Gasteiger partial charge in [-0.2, -0.15) is 0 Å². The van der Waals surface area contributed by atoms with Crippen LogP contribution < -0.4 is 10.5 Å². The molecular formula is C10H14INO2. The van der Waals surface area contributed by atoms with Gasteiger partial charge in [0.05, 0.1) is 19.3 Å². The molecule has 0 aliphatic heterocycles. The van der Waals surface area contributed by atoms with Gasteiger partial charge < -0.3 is 15.6 Å². The maximum absolute atomic E-state index is 9.39. The largest absolute Gasteiger partial charge is 0.497 e. The standard InChI is InChI=1S/C10H14INO2/c1-6(13)10(12)8-5-7(14-2)3-4-9(8)11/h3-6,10,13H,12H2,1-2H3/t6-,10+/m0/s1. The van der Waals surface area contributed by atoms with E-state index in [2.05, 4.69) is 22.6 Å². The second-order valence-corrected chi connectivity index (χ2v) is 4.32. The summed E-state index contributed by atoms with van der Waals surface area (Å²) in [5.74, 6) is 0.761. The van der Waals surface area contributed by atoms with Crippen molar-refractivity contribution < 1.29 is 9.84 Å². The fourth-order valence-electron chi connectivity index (χ4n) is 1.16. The van der Waals surface area contributed by atoms with Crippen molar-refractivity contribution in [1.82, 2.24) is 0 Å². The highest BCUT2D eigenvalue weighted by Gasteiger charge is 2.15. The molecule has 0 bridgehead atoms. The number of methoxy groups -OCH3 is 1. The van der Waals surface area contributed by atoms with E-state index in [0.717, 1.165) is 14.9 Å². The lowest BCUT2D eigenvalue weighted by atomic mass is 10.0. The average Bonchev–Trinajstić information content (AvgIpc) is 2.17. The molecule has 0 saturated carbocycles. The van der Waals surface area contributed by atoms with Crippen molar-refractivity contribution in [2.75, 3.05) is 7.11 Å². The molecule has 78 valence electrons. The summed E-state index contributed by atoms with van der Waals surface area (Å²) in [7, 11) is 1.61. The number of ether oxygens (including phenoxy) is 1. The van der Waals surface area contributed by atoms with E-state index in [9.17, 15) is 5.11 Å². The van der Waals surface area contributed by atoms with Crippen molar-refractivity contribution in [3.8, 4) is 5.75 Å². The van der Waals surface area contributed by atoms with Crippen LogP contribution >= 0.6 is 22.6 Å². The highest BCUT2D eigenvalue weighted by Crippen LogP contribution is 2.25. The Bertz CT molecular complexity index is 315. The molecule has 0 aromatic heterocycles. The minimum Gasteiger partial charge on any atom is -0.497 e. The Morgan fingerprint density at radius 1 is 1.50 bits per heavy atom. The van der Waals surface area contributed by atoms with Crippen LogP contribution in [0.5, 0.6) is 5.75 Å². The van der Waals surface area contributed by atoms with Gasteiger partial charge in [0.2, 0.25) is 0 Å². The normalized spacial score (nSPS) is 14.9. The molecule has 0 fully saturated rings. The summed E-state index contributed by atoms with van der Waals surface area (Å²) in [6.45, 7) is 1.68. The van der Waals surface area contributed by atoms with E-state index in [1.807, 2.05) is 18.2 Å². The Balaban J connectivity index is 3.05. The van der Waals surface area contributed by atoms with Crippen LogP contribution in [0, 0.1) is 3.57 Å². The zero-order valence-electron chi connectivity index (χ0n) is 8.20. The van der Waals surface area contributed by atoms with Crippen molar-refractivity contribution in [2.24, 2.45) is 5.73 Å². The second-order valence-electron chi connectivity index (χ2n) is 3.15. The Morgan fingerprint density at radius 3 is 2.64 bits per heavy atom. The third-order valence-corrected chi connectivity index (χ3v) is 3.06. The van der Waals surface area contributed by atoms with Gasteiger partial charge in [0, 0.05) is 3.57 Å². The molecule has 14 heavy (non-hydrogen) atoms. The van der Waals surface area contributed by atoms with Crippen molar-refractivity contribution in [1.29, 1.82) is 0 Å². The minimum atomic E-state index is -0.560. The van der Waals surface area contributed by atoms with Gasteiger partial charge in [0.15, 0.2) is 0 Å². The molecule has 1 aromatic rings. The predicted octanol–water partition coefficient (Wildman–Crippen LogP) is 1.68. The molecule has 3 N–H and O–H groups in total. The van der Waals surface area contributed by atoms with Gasteiger partial charge in [-0.25, -0.2) is 0 Å². The van der Waals surface area contributed by atoms with E-state index >= 15 is 0 Å². The molecule has 0 radical (unpaired) electrons. The molecule has 0 aliphatic carbocycles. The summed E-state index contributed by atoms with van der Waals surface area (Å²) in [6.07, 6.45) is -0.560. The zero-order chi connectivity index (χ0) is 10.7. The molecule has 2 atom stereocenters. The number of aliphatic hydroxyl groups is 1. The number of benzene rings is 1. The van der Waals surface area contributed by atoms with Gasteiger partial charge in [0.1, 0.15) is 5.75 Å². The lowest BCUT2D eigenvalue weighted by molar-refractivity contribution is 0.164. The van der Waals surface area contributed by atoms with Gasteiger partial charge in [-0.1, -0.05) is 0 Å². The number of halogens is 1. The Morgan fingerprint density at radius 2 is 2.14 bits per heavy atom. The summed E-state index contributed by atoms with van der Waals surface area (Å²) in [5.41, 5.74) is 6.77. The Hall–Kier alpha value is -0.330. The number of hydrogen-bond acceptors (Lipinski definition) is 3. The van der Waals surface area contributed by atoms with Gasteiger partial charge in [-0.05, 0) is 53.3 Å². The van der Waals surface area contributed by atoms with Crippen LogP contribution in [0.25, 0.3) is 0 Å². The third kappa shape index (κ3) is 2.59. The zero-order valence-corrected chi connectivity index (χ0v) is 10.4. The summed E-state index contributed by atoms with van der Waals surface area (Å²) in [4.78, 5) is 0. The van der Waals surface area contributed by atoms with E-state index in [1.165, 1.54) is 0 Å². The summed E-state index contributed by atoms with van der Waals surface area (Å²) >= 11 is 2.20. The molecule has 1 aromatic carbocycles. The van der Waals surface area contributed by atoms with Gasteiger partial charge in [0.25, 0.3) is 0 Å². The topological polar surface area (TPSA) is 55.5 Å². The molecular weight excluding hydrogens is 293 g/mol. The van der Waals surface area contributed by atoms with Crippen LogP contribution in [-0.4, -0.2) is 18.3 Å². The van der Waals surface area contributed by atoms with Crippen LogP contribution in [0.3, 0.4) is 0 Å². The lowest BCUT2D eigenvalue weighted by Crippen LogP contribution is -2.24. The first kappa shape index (κ1) is 11.7. The van der Waals surface area contributed by atoms with Crippen molar-refractivity contribution in [2.45, 2.75) is 19.1 Å². The van der Waals surface area contributed by atoms with Crippen LogP contribution in [0.1, 0.15) is 18.5 Å². The van der Waals surface area contributed by atoms with Crippen molar-refractivity contribution in [3.05, 3.63) is 27.3 Å². The molecule has 4 heteroatoms. The monoisotopic (exact) mass is 307 g/mol. The van der Waals surface area contributed by atoms with Crippen LogP contribution in [0.2, 0.25) is 0 Å². The molecule has 0 saturated heterocycles. The highest BCUT2D eigenvalue weighted by molar-refractivity contribution is 14.1. The number of rotatable bonds is 3. The Labute approximate surface area is 97.4 Å². The van der Waals surface area contributed by atoms with Gasteiger partial charge in [-0.15, -0.1) is 0 Å². The summed E-state index contributed by atoms with van der Waals surface area (Å²) in [5, 5.41) is 9.39. The maximum Gasteiger partial charge on any atom is 0.119 e. The highest BCUT2D eigenvalue weighted by atomic mass is 127. The first-order valence-corrected chi connectivity index (χ1v) is 5.41. The van der Waals surface area contributed by atoms with Crippen LogP contribution in [-0.2, 0) is 0 Å². The van der Waals surface area contributed by atoms with E-state index < -0.39 is 6.10 Å². The predicted molar refractivity (Wildman–Crippen MR) is 64.3 cm³/mol. The number of aliphatic hydroxyl groups excluding tert-OH is 1. The maximum atomic E-state index is 9.39. The quantitative estimate of drug-likeness (QED) is 0.836. The van der Waals surface area contributed by atoms with Crippen molar-refractivity contribution in [3.63, 3.8) is 0 Å². The number of nitrogens with two attached hydrogens (primary N) is 1. The van der Waals surface area contributed by atoms with E-state index in [-0.39, 0.29) is 6.04 Å². The smallest absolute Gasteiger partial charge is 0.119 e. The fourth-order valence-corrected chi connectivity index (χ4v) is 1.86. The molecule has 3 nitrogen and oxygen atoms in total. The fraction of sp³-hybridized carbons (Fsp3) is 0.400. The van der Waals surface area contributed by atoms with Crippen molar-refractivity contribution >= 4 is 22.6 Å². The van der Waals surface area contributed by atoms with E-state index in [4.69, 9.17) is 10.5 Å². The number of hydrogen-bond donors (Lipinski definition) is 2. The van der Waals surface area contributed by atoms with Gasteiger partial charge >= 0.3 is 0 Å².